The number of aromatic amines is 1. The molecule has 0 bridgehead atoms. The van der Waals surface area contributed by atoms with Crippen molar-refractivity contribution in [2.24, 2.45) is 0 Å². The van der Waals surface area contributed by atoms with Crippen LogP contribution in [0.25, 0.3) is 0 Å². The fraction of sp³-hybridized carbons (Fsp3) is 0.375. The Bertz CT molecular complexity index is 1100. The number of carbonyl (C=O) groups is 1. The summed E-state index contributed by atoms with van der Waals surface area (Å²) in [6.07, 6.45) is 1.56. The first kappa shape index (κ1) is 20.9. The number of H-pyrrole nitrogens is 1. The number of nitrogens with zero attached hydrogens (tertiary/aromatic N) is 3. The summed E-state index contributed by atoms with van der Waals surface area (Å²) in [6.45, 7) is 5.78. The lowest BCUT2D eigenvalue weighted by Crippen LogP contribution is -2.38. The minimum absolute atomic E-state index is 0.0721. The van der Waals surface area contributed by atoms with Crippen LogP contribution in [0.5, 0.6) is 5.75 Å². The van der Waals surface area contributed by atoms with Gasteiger partial charge in [0, 0.05) is 24.6 Å². The highest BCUT2D eigenvalue weighted by atomic mass is 16.5. The van der Waals surface area contributed by atoms with Crippen molar-refractivity contribution in [2.45, 2.75) is 39.2 Å². The molecular formula is C24H28N4O3. The van der Waals surface area contributed by atoms with Gasteiger partial charge in [0.15, 0.2) is 0 Å². The van der Waals surface area contributed by atoms with Gasteiger partial charge in [0.1, 0.15) is 11.6 Å². The van der Waals surface area contributed by atoms with Crippen molar-refractivity contribution in [2.75, 3.05) is 20.2 Å². The first-order chi connectivity index (χ1) is 14.9. The highest BCUT2D eigenvalue weighted by Gasteiger charge is 2.28. The lowest BCUT2D eigenvalue weighted by Gasteiger charge is -2.31. The fourth-order valence-corrected chi connectivity index (χ4v) is 4.33. The summed E-state index contributed by atoms with van der Waals surface area (Å²) >= 11 is 0. The van der Waals surface area contributed by atoms with Crippen LogP contribution in [0.3, 0.4) is 0 Å². The second kappa shape index (κ2) is 8.79. The quantitative estimate of drug-likeness (QED) is 0.687. The molecule has 0 aliphatic carbocycles. The number of hydrogen-bond acceptors (Lipinski definition) is 4. The Balaban J connectivity index is 1.45. The van der Waals surface area contributed by atoms with Crippen molar-refractivity contribution < 1.29 is 9.53 Å². The van der Waals surface area contributed by atoms with Crippen LogP contribution in [0.4, 0.5) is 0 Å². The minimum Gasteiger partial charge on any atom is -0.497 e. The van der Waals surface area contributed by atoms with Crippen molar-refractivity contribution in [3.05, 3.63) is 81.0 Å². The van der Waals surface area contributed by atoms with E-state index in [9.17, 15) is 9.59 Å². The fourth-order valence-electron chi connectivity index (χ4n) is 4.33. The summed E-state index contributed by atoms with van der Waals surface area (Å²) in [7, 11) is 1.63. The molecule has 1 amide bonds. The number of benzene rings is 2. The monoisotopic (exact) mass is 420 g/mol. The summed E-state index contributed by atoms with van der Waals surface area (Å²) in [5.41, 5.74) is 3.73. The molecule has 0 radical (unpaired) electrons. The molecule has 31 heavy (non-hydrogen) atoms. The van der Waals surface area contributed by atoms with Gasteiger partial charge >= 0.3 is 5.69 Å². The molecule has 2 heterocycles. The maximum absolute atomic E-state index is 13.0. The molecule has 1 aliphatic rings. The van der Waals surface area contributed by atoms with E-state index in [-0.39, 0.29) is 17.5 Å². The third-order valence-electron chi connectivity index (χ3n) is 5.90. The molecule has 1 saturated heterocycles. The summed E-state index contributed by atoms with van der Waals surface area (Å²) in [6, 6.07) is 13.6. The number of ether oxygens (including phenoxy) is 1. The van der Waals surface area contributed by atoms with Crippen LogP contribution in [-0.2, 0) is 6.54 Å². The van der Waals surface area contributed by atoms with Crippen LogP contribution in [0.1, 0.15) is 51.6 Å². The van der Waals surface area contributed by atoms with Gasteiger partial charge in [-0.2, -0.15) is 5.10 Å². The van der Waals surface area contributed by atoms with E-state index >= 15 is 0 Å². The number of piperidine rings is 1. The van der Waals surface area contributed by atoms with Crippen LogP contribution in [0.15, 0.2) is 47.3 Å². The number of rotatable bonds is 5. The molecule has 0 unspecified atom stereocenters. The maximum atomic E-state index is 13.0. The normalized spacial score (nSPS) is 14.6. The second-order valence-electron chi connectivity index (χ2n) is 8.26. The Morgan fingerprint density at radius 2 is 1.74 bits per heavy atom. The van der Waals surface area contributed by atoms with Gasteiger partial charge in [0.25, 0.3) is 5.91 Å². The van der Waals surface area contributed by atoms with E-state index in [2.05, 4.69) is 16.3 Å². The Labute approximate surface area is 181 Å². The number of methoxy groups -OCH3 is 1. The third kappa shape index (κ3) is 4.55. The summed E-state index contributed by atoms with van der Waals surface area (Å²) in [5, 5.41) is 6.92. The molecule has 1 fully saturated rings. The smallest absolute Gasteiger partial charge is 0.343 e. The van der Waals surface area contributed by atoms with Gasteiger partial charge in [0.05, 0.1) is 13.7 Å². The lowest BCUT2D eigenvalue weighted by atomic mass is 9.95. The van der Waals surface area contributed by atoms with Crippen LogP contribution < -0.4 is 10.4 Å². The molecule has 3 aromatic rings. The van der Waals surface area contributed by atoms with Gasteiger partial charge in [-0.3, -0.25) is 9.36 Å². The minimum atomic E-state index is -0.209. The molecule has 7 nitrogen and oxygen atoms in total. The zero-order chi connectivity index (χ0) is 22.0. The molecule has 1 aliphatic heterocycles. The Morgan fingerprint density at radius 1 is 1.10 bits per heavy atom. The van der Waals surface area contributed by atoms with Crippen LogP contribution in [0, 0.1) is 13.8 Å². The SMILES string of the molecule is COc1ccc(Cn2c(C3CCN(C(=O)c4cc(C)cc(C)c4)CC3)n[nH]c2=O)cc1. The predicted molar refractivity (Wildman–Crippen MR) is 119 cm³/mol. The van der Waals surface area contributed by atoms with Crippen LogP contribution in [-0.4, -0.2) is 45.8 Å². The third-order valence-corrected chi connectivity index (χ3v) is 5.90. The average molecular weight is 421 g/mol. The van der Waals surface area contributed by atoms with Crippen molar-refractivity contribution in [3.63, 3.8) is 0 Å². The van der Waals surface area contributed by atoms with E-state index in [1.54, 1.807) is 11.7 Å². The first-order valence-corrected chi connectivity index (χ1v) is 10.6. The average Bonchev–Trinajstić information content (AvgIpc) is 3.13. The van der Waals surface area contributed by atoms with E-state index in [0.29, 0.717) is 19.6 Å². The molecule has 2 aromatic carbocycles. The van der Waals surface area contributed by atoms with E-state index < -0.39 is 0 Å². The van der Waals surface area contributed by atoms with Crippen molar-refractivity contribution in [1.82, 2.24) is 19.7 Å². The van der Waals surface area contributed by atoms with Gasteiger partial charge in [-0.25, -0.2) is 9.89 Å². The molecule has 0 saturated carbocycles. The zero-order valence-corrected chi connectivity index (χ0v) is 18.2. The van der Waals surface area contributed by atoms with Gasteiger partial charge in [-0.1, -0.05) is 29.3 Å². The highest BCUT2D eigenvalue weighted by molar-refractivity contribution is 5.94. The highest BCUT2D eigenvalue weighted by Crippen LogP contribution is 2.27. The first-order valence-electron chi connectivity index (χ1n) is 10.6. The second-order valence-corrected chi connectivity index (χ2v) is 8.26. The number of aromatic nitrogens is 3. The van der Waals surface area contributed by atoms with Gasteiger partial charge in [0.2, 0.25) is 0 Å². The number of nitrogens with one attached hydrogen (secondary N) is 1. The number of hydrogen-bond donors (Lipinski definition) is 1. The maximum Gasteiger partial charge on any atom is 0.343 e. The Kier molecular flexibility index (Phi) is 5.93. The van der Waals surface area contributed by atoms with Crippen molar-refractivity contribution in [3.8, 4) is 5.75 Å². The molecule has 162 valence electrons. The summed E-state index contributed by atoms with van der Waals surface area (Å²) in [5.74, 6) is 1.76. The molecule has 7 heteroatoms. The molecule has 1 N–H and O–H groups in total. The standard InChI is InChI=1S/C24H28N4O3/c1-16-12-17(2)14-20(13-16)23(29)27-10-8-19(9-11-27)22-25-26-24(30)28(22)15-18-4-6-21(31-3)7-5-18/h4-7,12-14,19H,8-11,15H2,1-3H3,(H,26,30). The molecule has 0 atom stereocenters. The number of amides is 1. The van der Waals surface area contributed by atoms with E-state index in [1.165, 1.54) is 0 Å². The molecular weight excluding hydrogens is 392 g/mol. The zero-order valence-electron chi connectivity index (χ0n) is 18.2. The molecule has 4 rings (SSSR count). The molecule has 1 aromatic heterocycles. The Hall–Kier alpha value is -3.35. The number of carbonyl (C=O) groups excluding carboxylic acids is 1. The Morgan fingerprint density at radius 3 is 2.35 bits per heavy atom. The van der Waals surface area contributed by atoms with Gasteiger partial charge in [-0.15, -0.1) is 0 Å². The van der Waals surface area contributed by atoms with E-state index in [1.807, 2.05) is 55.1 Å². The molecule has 0 spiro atoms. The van der Waals surface area contributed by atoms with Crippen LogP contribution >= 0.6 is 0 Å². The summed E-state index contributed by atoms with van der Waals surface area (Å²) in [4.78, 5) is 27.2. The lowest BCUT2D eigenvalue weighted by molar-refractivity contribution is 0.0710. The summed E-state index contributed by atoms with van der Waals surface area (Å²) < 4.78 is 6.90. The largest absolute Gasteiger partial charge is 0.497 e. The van der Waals surface area contributed by atoms with Crippen LogP contribution in [0.2, 0.25) is 0 Å². The van der Waals surface area contributed by atoms with Gasteiger partial charge in [-0.05, 0) is 56.5 Å². The number of likely N-dealkylation sites (tertiary alicyclic amines) is 1. The van der Waals surface area contributed by atoms with Gasteiger partial charge < -0.3 is 9.64 Å². The number of aryl methyl sites for hydroxylation is 2. The predicted octanol–water partition coefficient (Wildman–Crippen LogP) is 3.26. The topological polar surface area (TPSA) is 80.2 Å². The van der Waals surface area contributed by atoms with Crippen molar-refractivity contribution in [1.29, 1.82) is 0 Å². The van der Waals surface area contributed by atoms with E-state index in [0.717, 1.165) is 46.7 Å². The van der Waals surface area contributed by atoms with E-state index in [4.69, 9.17) is 4.74 Å². The van der Waals surface area contributed by atoms with Crippen molar-refractivity contribution >= 4 is 5.91 Å².